The van der Waals surface area contributed by atoms with Crippen molar-refractivity contribution in [3.63, 3.8) is 0 Å². The Hall–Kier alpha value is -2.27. The molecular formula is C22H29N3O5S2. The quantitative estimate of drug-likeness (QED) is 0.584. The molecule has 1 N–H and O–H groups in total. The van der Waals surface area contributed by atoms with Gasteiger partial charge < -0.3 is 5.32 Å². The minimum Gasteiger partial charge on any atom is -0.378 e. The minimum atomic E-state index is -3.63. The maximum absolute atomic E-state index is 12.8. The van der Waals surface area contributed by atoms with Crippen LogP contribution in [0.15, 0.2) is 58.3 Å². The molecule has 1 aliphatic rings. The van der Waals surface area contributed by atoms with E-state index in [9.17, 15) is 21.6 Å². The molecule has 3 rings (SSSR count). The van der Waals surface area contributed by atoms with E-state index in [1.165, 1.54) is 48.7 Å². The number of ketones is 1. The zero-order valence-electron chi connectivity index (χ0n) is 18.5. The van der Waals surface area contributed by atoms with Crippen LogP contribution < -0.4 is 5.32 Å². The van der Waals surface area contributed by atoms with Crippen molar-refractivity contribution in [1.82, 2.24) is 8.61 Å². The second-order valence-electron chi connectivity index (χ2n) is 8.20. The number of hydrogen-bond donors (Lipinski definition) is 1. The highest BCUT2D eigenvalue weighted by molar-refractivity contribution is 7.89. The molecule has 0 amide bonds. The van der Waals surface area contributed by atoms with Gasteiger partial charge in [-0.15, -0.1) is 0 Å². The summed E-state index contributed by atoms with van der Waals surface area (Å²) in [5.74, 6) is 0.259. The van der Waals surface area contributed by atoms with E-state index < -0.39 is 20.0 Å². The van der Waals surface area contributed by atoms with Gasteiger partial charge in [-0.1, -0.05) is 19.1 Å². The van der Waals surface area contributed by atoms with E-state index >= 15 is 0 Å². The van der Waals surface area contributed by atoms with Crippen molar-refractivity contribution in [3.8, 4) is 0 Å². The normalized spacial score (nSPS) is 16.2. The van der Waals surface area contributed by atoms with E-state index in [2.05, 4.69) is 12.2 Å². The lowest BCUT2D eigenvalue weighted by Gasteiger charge is -2.29. The summed E-state index contributed by atoms with van der Waals surface area (Å²) in [6.45, 7) is 3.13. The molecule has 1 heterocycles. The maximum Gasteiger partial charge on any atom is 0.243 e. The average Bonchev–Trinajstić information content (AvgIpc) is 2.78. The molecule has 32 heavy (non-hydrogen) atoms. The number of piperidine rings is 1. The van der Waals surface area contributed by atoms with Crippen molar-refractivity contribution in [2.24, 2.45) is 5.92 Å². The van der Waals surface area contributed by atoms with Crippen molar-refractivity contribution in [1.29, 1.82) is 0 Å². The number of hydrogen-bond acceptors (Lipinski definition) is 6. The Bertz CT molecular complexity index is 1170. The van der Waals surface area contributed by atoms with E-state index in [0.29, 0.717) is 24.7 Å². The van der Waals surface area contributed by atoms with E-state index in [-0.39, 0.29) is 27.7 Å². The Morgan fingerprint density at radius 2 is 1.62 bits per heavy atom. The second-order valence-corrected chi connectivity index (χ2v) is 12.3. The van der Waals surface area contributed by atoms with Gasteiger partial charge in [0.25, 0.3) is 0 Å². The standard InChI is InChI=1S/C22H29N3O5S2/c1-17-11-13-25(14-12-17)32(29,30)20-9-7-19(8-10-20)23-16-22(26)18-5-4-6-21(15-18)31(27,28)24(2)3/h4-10,15,17,23H,11-14,16H2,1-3H3. The molecule has 0 atom stereocenters. The van der Waals surface area contributed by atoms with Crippen LogP contribution in [0, 0.1) is 5.92 Å². The zero-order chi connectivity index (χ0) is 23.5. The highest BCUT2D eigenvalue weighted by Gasteiger charge is 2.28. The number of sulfonamides is 2. The topological polar surface area (TPSA) is 104 Å². The van der Waals surface area contributed by atoms with Gasteiger partial charge in [0.15, 0.2) is 5.78 Å². The highest BCUT2D eigenvalue weighted by atomic mass is 32.2. The summed E-state index contributed by atoms with van der Waals surface area (Å²) >= 11 is 0. The summed E-state index contributed by atoms with van der Waals surface area (Å²) in [6.07, 6.45) is 1.72. The van der Waals surface area contributed by atoms with Crippen LogP contribution in [-0.4, -0.2) is 65.0 Å². The number of carbonyl (C=O) groups excluding carboxylic acids is 1. The smallest absolute Gasteiger partial charge is 0.243 e. The molecule has 2 aromatic rings. The summed E-state index contributed by atoms with van der Waals surface area (Å²) in [5, 5.41) is 2.97. The fraction of sp³-hybridized carbons (Fsp3) is 0.409. The van der Waals surface area contributed by atoms with E-state index in [1.807, 2.05) is 0 Å². The van der Waals surface area contributed by atoms with Crippen LogP contribution in [0.3, 0.4) is 0 Å². The van der Waals surface area contributed by atoms with Gasteiger partial charge >= 0.3 is 0 Å². The first kappa shape index (κ1) is 24.4. The molecule has 8 nitrogen and oxygen atoms in total. The number of carbonyl (C=O) groups is 1. The van der Waals surface area contributed by atoms with Crippen LogP contribution >= 0.6 is 0 Å². The van der Waals surface area contributed by atoms with Gasteiger partial charge in [0, 0.05) is 38.4 Å². The number of anilines is 1. The van der Waals surface area contributed by atoms with Crippen molar-refractivity contribution < 1.29 is 21.6 Å². The molecule has 0 unspecified atom stereocenters. The molecule has 174 valence electrons. The first-order valence-corrected chi connectivity index (χ1v) is 13.3. The summed E-state index contributed by atoms with van der Waals surface area (Å²) in [6, 6.07) is 12.2. The molecule has 0 aliphatic carbocycles. The van der Waals surface area contributed by atoms with Crippen molar-refractivity contribution in [2.75, 3.05) is 39.0 Å². The summed E-state index contributed by atoms with van der Waals surface area (Å²) in [4.78, 5) is 12.8. The third-order valence-electron chi connectivity index (χ3n) is 5.62. The predicted octanol–water partition coefficient (Wildman–Crippen LogP) is 2.65. The van der Waals surface area contributed by atoms with Gasteiger partial charge in [-0.3, -0.25) is 4.79 Å². The number of rotatable bonds is 8. The van der Waals surface area contributed by atoms with Gasteiger partial charge in [0.05, 0.1) is 16.3 Å². The lowest BCUT2D eigenvalue weighted by Crippen LogP contribution is -2.37. The first-order chi connectivity index (χ1) is 15.0. The Balaban J connectivity index is 1.65. The van der Waals surface area contributed by atoms with Crippen molar-refractivity contribution in [3.05, 3.63) is 54.1 Å². The molecule has 0 bridgehead atoms. The largest absolute Gasteiger partial charge is 0.378 e. The average molecular weight is 480 g/mol. The Kier molecular flexibility index (Phi) is 7.39. The summed E-state index contributed by atoms with van der Waals surface area (Å²) in [5.41, 5.74) is 0.876. The van der Waals surface area contributed by atoms with Gasteiger partial charge in [-0.05, 0) is 55.2 Å². The van der Waals surface area contributed by atoms with Gasteiger partial charge in [0.1, 0.15) is 0 Å². The minimum absolute atomic E-state index is 0.0509. The molecule has 0 aromatic heterocycles. The molecule has 2 aromatic carbocycles. The number of nitrogens with zero attached hydrogens (tertiary/aromatic N) is 2. The van der Waals surface area contributed by atoms with Gasteiger partial charge in [-0.25, -0.2) is 21.1 Å². The molecular weight excluding hydrogens is 450 g/mol. The predicted molar refractivity (Wildman–Crippen MR) is 124 cm³/mol. The fourth-order valence-electron chi connectivity index (χ4n) is 3.44. The number of benzene rings is 2. The Morgan fingerprint density at radius 1 is 1.00 bits per heavy atom. The Morgan fingerprint density at radius 3 is 2.22 bits per heavy atom. The van der Waals surface area contributed by atoms with Crippen molar-refractivity contribution >= 4 is 31.5 Å². The van der Waals surface area contributed by atoms with Crippen LogP contribution in [0.2, 0.25) is 0 Å². The molecule has 0 spiro atoms. The lowest BCUT2D eigenvalue weighted by atomic mass is 10.0. The van der Waals surface area contributed by atoms with E-state index in [1.54, 1.807) is 18.2 Å². The first-order valence-electron chi connectivity index (χ1n) is 10.4. The number of nitrogens with one attached hydrogen (secondary N) is 1. The molecule has 1 saturated heterocycles. The van der Waals surface area contributed by atoms with E-state index in [0.717, 1.165) is 17.1 Å². The van der Waals surface area contributed by atoms with Crippen molar-refractivity contribution in [2.45, 2.75) is 29.6 Å². The van der Waals surface area contributed by atoms with Crippen LogP contribution in [0.1, 0.15) is 30.1 Å². The van der Waals surface area contributed by atoms with Crippen LogP contribution in [0.5, 0.6) is 0 Å². The van der Waals surface area contributed by atoms with Crippen LogP contribution in [0.4, 0.5) is 5.69 Å². The second kappa shape index (κ2) is 9.70. The highest BCUT2D eigenvalue weighted by Crippen LogP contribution is 2.24. The zero-order valence-corrected chi connectivity index (χ0v) is 20.1. The molecule has 10 heteroatoms. The van der Waals surface area contributed by atoms with E-state index in [4.69, 9.17) is 0 Å². The fourth-order valence-corrected chi connectivity index (χ4v) is 5.86. The Labute approximate surface area is 190 Å². The van der Waals surface area contributed by atoms with Gasteiger partial charge in [-0.2, -0.15) is 4.31 Å². The molecule has 0 saturated carbocycles. The summed E-state index contributed by atoms with van der Waals surface area (Å²) < 4.78 is 52.8. The summed E-state index contributed by atoms with van der Waals surface area (Å²) in [7, 11) is -4.29. The van der Waals surface area contributed by atoms with Crippen LogP contribution in [-0.2, 0) is 20.0 Å². The monoisotopic (exact) mass is 479 g/mol. The maximum atomic E-state index is 12.8. The molecule has 1 fully saturated rings. The number of Topliss-reactive ketones (excluding diaryl/α,β-unsaturated/α-hetero) is 1. The lowest BCUT2D eigenvalue weighted by molar-refractivity contribution is 0.101. The van der Waals surface area contributed by atoms with Gasteiger partial charge in [0.2, 0.25) is 20.0 Å². The third-order valence-corrected chi connectivity index (χ3v) is 9.35. The third kappa shape index (κ3) is 5.37. The molecule has 0 radical (unpaired) electrons. The SMILES string of the molecule is CC1CCN(S(=O)(=O)c2ccc(NCC(=O)c3cccc(S(=O)(=O)N(C)C)c3)cc2)CC1. The van der Waals surface area contributed by atoms with Crippen LogP contribution in [0.25, 0.3) is 0 Å². The molecule has 1 aliphatic heterocycles.